The molecule has 2 atom stereocenters. The number of likely N-dealkylation sites (tertiary alicyclic amines) is 1. The van der Waals surface area contributed by atoms with Crippen LogP contribution >= 0.6 is 11.6 Å². The molecule has 3 saturated heterocycles. The van der Waals surface area contributed by atoms with Crippen molar-refractivity contribution in [1.82, 2.24) is 15.1 Å². The predicted molar refractivity (Wildman–Crippen MR) is 101 cm³/mol. The van der Waals surface area contributed by atoms with Crippen LogP contribution in [0.5, 0.6) is 0 Å². The van der Waals surface area contributed by atoms with Gasteiger partial charge in [0, 0.05) is 49.5 Å². The monoisotopic (exact) mass is 348 g/mol. The smallest absolute Gasteiger partial charge is 0.0426 e. The number of hydrogen-bond donors (Lipinski definition) is 1. The van der Waals surface area contributed by atoms with Gasteiger partial charge in [-0.25, -0.2) is 0 Å². The van der Waals surface area contributed by atoms with Crippen LogP contribution in [0.4, 0.5) is 5.69 Å². The van der Waals surface area contributed by atoms with Crippen molar-refractivity contribution in [2.45, 2.75) is 18.9 Å². The molecule has 24 heavy (non-hydrogen) atoms. The average molecular weight is 349 g/mol. The minimum Gasteiger partial charge on any atom is -0.369 e. The Morgan fingerprint density at radius 2 is 1.92 bits per heavy atom. The van der Waals surface area contributed by atoms with Gasteiger partial charge in [-0.15, -0.1) is 0 Å². The van der Waals surface area contributed by atoms with Gasteiger partial charge in [-0.2, -0.15) is 0 Å². The second-order valence-electron chi connectivity index (χ2n) is 7.47. The van der Waals surface area contributed by atoms with E-state index in [1.54, 1.807) is 0 Å². The maximum atomic E-state index is 6.12. The predicted octanol–water partition coefficient (Wildman–Crippen LogP) is 2.15. The van der Waals surface area contributed by atoms with Gasteiger partial charge in [0.1, 0.15) is 0 Å². The first kappa shape index (κ1) is 16.6. The largest absolute Gasteiger partial charge is 0.369 e. The molecule has 0 saturated carbocycles. The third kappa shape index (κ3) is 3.72. The molecule has 3 fully saturated rings. The first-order chi connectivity index (χ1) is 11.8. The number of nitrogens with zero attached hydrogens (tertiary/aromatic N) is 3. The number of benzene rings is 1. The summed E-state index contributed by atoms with van der Waals surface area (Å²) in [5, 5.41) is 4.38. The van der Waals surface area contributed by atoms with Gasteiger partial charge in [0.25, 0.3) is 0 Å². The molecule has 0 unspecified atom stereocenters. The van der Waals surface area contributed by atoms with Gasteiger partial charge in [-0.3, -0.25) is 9.80 Å². The summed E-state index contributed by atoms with van der Waals surface area (Å²) >= 11 is 6.12. The lowest BCUT2D eigenvalue weighted by atomic mass is 10.1. The molecule has 5 heteroatoms. The molecule has 3 aliphatic rings. The molecule has 3 aliphatic heterocycles. The van der Waals surface area contributed by atoms with Crippen LogP contribution in [0.15, 0.2) is 24.3 Å². The van der Waals surface area contributed by atoms with Crippen molar-refractivity contribution < 1.29 is 0 Å². The number of nitrogens with one attached hydrogen (secondary N) is 1. The average Bonchev–Trinajstić information content (AvgIpc) is 3.20. The quantitative estimate of drug-likeness (QED) is 0.880. The zero-order valence-electron chi connectivity index (χ0n) is 14.5. The molecule has 0 amide bonds. The van der Waals surface area contributed by atoms with Crippen molar-refractivity contribution in [2.75, 3.05) is 63.8 Å². The third-order valence-electron chi connectivity index (χ3n) is 6.03. The van der Waals surface area contributed by atoms with Gasteiger partial charge in [-0.1, -0.05) is 17.7 Å². The Hall–Kier alpha value is -0.810. The molecular formula is C19H29ClN4. The number of halogens is 1. The second kappa shape index (κ2) is 7.61. The molecule has 4 nitrogen and oxygen atoms in total. The van der Waals surface area contributed by atoms with E-state index in [-0.39, 0.29) is 0 Å². The van der Waals surface area contributed by atoms with Crippen LogP contribution in [0.25, 0.3) is 0 Å². The highest BCUT2D eigenvalue weighted by Gasteiger charge is 2.36. The summed E-state index contributed by atoms with van der Waals surface area (Å²) in [5.74, 6) is 0.922. The van der Waals surface area contributed by atoms with Crippen molar-refractivity contribution in [3.63, 3.8) is 0 Å². The fraction of sp³-hybridized carbons (Fsp3) is 0.684. The summed E-state index contributed by atoms with van der Waals surface area (Å²) in [6.45, 7) is 10.8. The van der Waals surface area contributed by atoms with Gasteiger partial charge >= 0.3 is 0 Å². The molecule has 0 radical (unpaired) electrons. The molecule has 4 rings (SSSR count). The Labute approximate surface area is 150 Å². The van der Waals surface area contributed by atoms with E-state index in [9.17, 15) is 0 Å². The summed E-state index contributed by atoms with van der Waals surface area (Å²) in [6.07, 6.45) is 2.70. The highest BCUT2D eigenvalue weighted by molar-refractivity contribution is 6.30. The van der Waals surface area contributed by atoms with Gasteiger partial charge in [0.15, 0.2) is 0 Å². The van der Waals surface area contributed by atoms with Gasteiger partial charge < -0.3 is 10.2 Å². The fourth-order valence-electron chi connectivity index (χ4n) is 4.62. The Morgan fingerprint density at radius 1 is 1.04 bits per heavy atom. The van der Waals surface area contributed by atoms with Crippen molar-refractivity contribution in [2.24, 2.45) is 5.92 Å². The highest BCUT2D eigenvalue weighted by Crippen LogP contribution is 2.27. The SMILES string of the molecule is Clc1cccc(N2CCN(CCCN3CC[C@H]4CNC[C@H]43)CC2)c1. The highest BCUT2D eigenvalue weighted by atomic mass is 35.5. The Kier molecular flexibility index (Phi) is 5.28. The number of fused-ring (bicyclic) bond motifs is 1. The van der Waals surface area contributed by atoms with E-state index in [1.807, 2.05) is 12.1 Å². The molecule has 1 aromatic carbocycles. The van der Waals surface area contributed by atoms with E-state index in [4.69, 9.17) is 11.6 Å². The summed E-state index contributed by atoms with van der Waals surface area (Å²) in [6, 6.07) is 9.07. The van der Waals surface area contributed by atoms with E-state index in [0.29, 0.717) is 0 Å². The number of anilines is 1. The lowest BCUT2D eigenvalue weighted by Crippen LogP contribution is -2.47. The summed E-state index contributed by atoms with van der Waals surface area (Å²) in [7, 11) is 0. The molecule has 3 heterocycles. The topological polar surface area (TPSA) is 21.8 Å². The van der Waals surface area contributed by atoms with Gasteiger partial charge in [-0.05, 0) is 63.1 Å². The van der Waals surface area contributed by atoms with Gasteiger partial charge in [0.05, 0.1) is 0 Å². The first-order valence-electron chi connectivity index (χ1n) is 9.47. The normalized spacial score (nSPS) is 28.5. The molecule has 1 N–H and O–H groups in total. The maximum absolute atomic E-state index is 6.12. The third-order valence-corrected chi connectivity index (χ3v) is 6.26. The summed E-state index contributed by atoms with van der Waals surface area (Å²) < 4.78 is 0. The maximum Gasteiger partial charge on any atom is 0.0426 e. The number of rotatable bonds is 5. The Bertz CT molecular complexity index is 544. The summed E-state index contributed by atoms with van der Waals surface area (Å²) in [4.78, 5) is 7.81. The molecule has 0 bridgehead atoms. The summed E-state index contributed by atoms with van der Waals surface area (Å²) in [5.41, 5.74) is 1.26. The second-order valence-corrected chi connectivity index (χ2v) is 7.91. The lowest BCUT2D eigenvalue weighted by Gasteiger charge is -2.36. The fourth-order valence-corrected chi connectivity index (χ4v) is 4.80. The lowest BCUT2D eigenvalue weighted by molar-refractivity contribution is 0.209. The van der Waals surface area contributed by atoms with Crippen LogP contribution in [0.2, 0.25) is 5.02 Å². The van der Waals surface area contributed by atoms with Crippen LogP contribution in [0.1, 0.15) is 12.8 Å². The van der Waals surface area contributed by atoms with Crippen molar-refractivity contribution in [3.8, 4) is 0 Å². The molecule has 1 aromatic rings. The van der Waals surface area contributed by atoms with Crippen molar-refractivity contribution >= 4 is 17.3 Å². The van der Waals surface area contributed by atoms with Crippen LogP contribution < -0.4 is 10.2 Å². The van der Waals surface area contributed by atoms with Crippen LogP contribution in [-0.2, 0) is 0 Å². The van der Waals surface area contributed by atoms with E-state index in [1.165, 1.54) is 64.3 Å². The minimum atomic E-state index is 0.824. The van der Waals surface area contributed by atoms with E-state index >= 15 is 0 Å². The number of piperazine rings is 1. The van der Waals surface area contributed by atoms with Crippen molar-refractivity contribution in [3.05, 3.63) is 29.3 Å². The standard InChI is InChI=1S/C19H29ClN4/c20-17-3-1-4-18(13-17)23-11-9-22(10-12-23)6-2-7-24-8-5-16-14-21-15-19(16)24/h1,3-4,13,16,19,21H,2,5-12,14-15H2/t16-,19+/m0/s1. The number of hydrogen-bond acceptors (Lipinski definition) is 4. The molecule has 0 spiro atoms. The molecule has 0 aliphatic carbocycles. The zero-order valence-corrected chi connectivity index (χ0v) is 15.2. The molecule has 132 valence electrons. The minimum absolute atomic E-state index is 0.824. The van der Waals surface area contributed by atoms with Crippen LogP contribution in [0.3, 0.4) is 0 Å². The Balaban J connectivity index is 1.18. The van der Waals surface area contributed by atoms with Crippen molar-refractivity contribution in [1.29, 1.82) is 0 Å². The van der Waals surface area contributed by atoms with Crippen LogP contribution in [0, 0.1) is 5.92 Å². The van der Waals surface area contributed by atoms with E-state index in [2.05, 4.69) is 32.1 Å². The molecule has 0 aromatic heterocycles. The van der Waals surface area contributed by atoms with Gasteiger partial charge in [0.2, 0.25) is 0 Å². The zero-order chi connectivity index (χ0) is 16.4. The van der Waals surface area contributed by atoms with E-state index < -0.39 is 0 Å². The first-order valence-corrected chi connectivity index (χ1v) is 9.85. The Morgan fingerprint density at radius 3 is 2.75 bits per heavy atom. The molecular weight excluding hydrogens is 320 g/mol. The van der Waals surface area contributed by atoms with E-state index in [0.717, 1.165) is 30.1 Å². The van der Waals surface area contributed by atoms with Crippen LogP contribution in [-0.4, -0.2) is 74.7 Å².